The Bertz CT molecular complexity index is 1080. The molecule has 0 saturated heterocycles. The first-order chi connectivity index (χ1) is 12.9. The fraction of sp³-hybridized carbons (Fsp3) is 0.300. The van der Waals surface area contributed by atoms with Gasteiger partial charge in [-0.2, -0.15) is 0 Å². The average molecular weight is 401 g/mol. The second kappa shape index (κ2) is 7.04. The third-order valence-electron chi connectivity index (χ3n) is 5.15. The SMILES string of the molecule is CC(C)(O)C(C)(C)OB(O)c1cn(S(=O)(=O)c2ccccc2)c2ccccc12. The normalized spacial score (nSPS) is 13.1. The molecule has 148 valence electrons. The lowest BCUT2D eigenvalue weighted by Gasteiger charge is -2.38. The van der Waals surface area contributed by atoms with Crippen molar-refractivity contribution < 1.29 is 23.2 Å². The predicted octanol–water partition coefficient (Wildman–Crippen LogP) is 2.13. The first-order valence-corrected chi connectivity index (χ1v) is 10.4. The van der Waals surface area contributed by atoms with Gasteiger partial charge in [-0.3, -0.25) is 0 Å². The van der Waals surface area contributed by atoms with Gasteiger partial charge in [0.1, 0.15) is 0 Å². The number of hydrogen-bond donors (Lipinski definition) is 2. The molecule has 0 amide bonds. The molecule has 1 heterocycles. The zero-order valence-electron chi connectivity index (χ0n) is 16.3. The van der Waals surface area contributed by atoms with Crippen LogP contribution >= 0.6 is 0 Å². The molecule has 0 aliphatic rings. The van der Waals surface area contributed by atoms with E-state index in [0.29, 0.717) is 16.4 Å². The van der Waals surface area contributed by atoms with E-state index in [1.807, 2.05) is 0 Å². The number of nitrogens with zero attached hydrogens (tertiary/aromatic N) is 1. The maximum Gasteiger partial charge on any atom is 0.493 e. The molecule has 0 fully saturated rings. The van der Waals surface area contributed by atoms with E-state index in [2.05, 4.69) is 0 Å². The molecule has 8 heteroatoms. The van der Waals surface area contributed by atoms with Crippen LogP contribution in [0.4, 0.5) is 0 Å². The van der Waals surface area contributed by atoms with Gasteiger partial charge in [-0.05, 0) is 45.9 Å². The largest absolute Gasteiger partial charge is 0.493 e. The standard InChI is InChI=1S/C20H24BNO5S/c1-19(2,23)20(3,4)27-21(24)17-14-22(18-13-9-8-12-16(17)18)28(25,26)15-10-6-5-7-11-15/h5-14,23-24H,1-4H3. The van der Waals surface area contributed by atoms with Crippen LogP contribution in [0.15, 0.2) is 65.7 Å². The van der Waals surface area contributed by atoms with Gasteiger partial charge < -0.3 is 14.8 Å². The number of hydrogen-bond acceptors (Lipinski definition) is 5. The molecule has 0 aliphatic heterocycles. The van der Waals surface area contributed by atoms with Crippen LogP contribution in [0.5, 0.6) is 0 Å². The fourth-order valence-corrected chi connectivity index (χ4v) is 4.16. The van der Waals surface area contributed by atoms with Crippen molar-refractivity contribution in [2.45, 2.75) is 43.8 Å². The van der Waals surface area contributed by atoms with Gasteiger partial charge in [-0.25, -0.2) is 12.4 Å². The van der Waals surface area contributed by atoms with E-state index in [1.54, 1.807) is 70.2 Å². The first kappa shape index (κ1) is 20.6. The van der Waals surface area contributed by atoms with Crippen molar-refractivity contribution in [2.24, 2.45) is 0 Å². The number of para-hydroxylation sites is 1. The summed E-state index contributed by atoms with van der Waals surface area (Å²) in [5.41, 5.74) is -1.55. The molecule has 1 aromatic heterocycles. The summed E-state index contributed by atoms with van der Waals surface area (Å²) in [4.78, 5) is 0.148. The van der Waals surface area contributed by atoms with Gasteiger partial charge >= 0.3 is 7.12 Å². The molecule has 0 atom stereocenters. The van der Waals surface area contributed by atoms with Crippen LogP contribution in [0.3, 0.4) is 0 Å². The van der Waals surface area contributed by atoms with Crippen LogP contribution in [-0.4, -0.2) is 40.8 Å². The molecule has 3 rings (SSSR count). The van der Waals surface area contributed by atoms with Gasteiger partial charge in [0.25, 0.3) is 10.0 Å². The number of fused-ring (bicyclic) bond motifs is 1. The number of rotatable bonds is 6. The second-order valence-corrected chi connectivity index (χ2v) is 9.57. The Hall–Kier alpha value is -2.13. The summed E-state index contributed by atoms with van der Waals surface area (Å²) in [5, 5.41) is 21.6. The van der Waals surface area contributed by atoms with Crippen LogP contribution in [0.1, 0.15) is 27.7 Å². The van der Waals surface area contributed by atoms with Crippen LogP contribution in [0.2, 0.25) is 0 Å². The Labute approximate surface area is 165 Å². The minimum Gasteiger partial charge on any atom is -0.423 e. The third-order valence-corrected chi connectivity index (χ3v) is 6.84. The van der Waals surface area contributed by atoms with Gasteiger partial charge in [0, 0.05) is 17.0 Å². The fourth-order valence-electron chi connectivity index (χ4n) is 2.76. The van der Waals surface area contributed by atoms with Crippen LogP contribution in [-0.2, 0) is 14.7 Å². The molecule has 0 saturated carbocycles. The van der Waals surface area contributed by atoms with Gasteiger partial charge in [0.05, 0.1) is 21.6 Å². The zero-order chi connectivity index (χ0) is 20.7. The van der Waals surface area contributed by atoms with Crippen molar-refractivity contribution in [3.05, 3.63) is 60.8 Å². The molecule has 6 nitrogen and oxygen atoms in total. The van der Waals surface area contributed by atoms with Crippen molar-refractivity contribution in [3.8, 4) is 0 Å². The minimum absolute atomic E-state index is 0.148. The molecule has 0 bridgehead atoms. The van der Waals surface area contributed by atoms with Crippen molar-refractivity contribution in [2.75, 3.05) is 0 Å². The van der Waals surface area contributed by atoms with Crippen LogP contribution in [0, 0.1) is 0 Å². The zero-order valence-corrected chi connectivity index (χ0v) is 17.1. The molecule has 3 aromatic rings. The van der Waals surface area contributed by atoms with Crippen molar-refractivity contribution in [1.82, 2.24) is 3.97 Å². The molecule has 2 N–H and O–H groups in total. The predicted molar refractivity (Wildman–Crippen MR) is 110 cm³/mol. The third kappa shape index (κ3) is 3.60. The van der Waals surface area contributed by atoms with E-state index >= 15 is 0 Å². The molecular weight excluding hydrogens is 377 g/mol. The maximum atomic E-state index is 13.1. The lowest BCUT2D eigenvalue weighted by atomic mass is 9.76. The average Bonchev–Trinajstić information content (AvgIpc) is 3.02. The quantitative estimate of drug-likeness (QED) is 0.618. The van der Waals surface area contributed by atoms with E-state index in [1.165, 1.54) is 18.3 Å². The lowest BCUT2D eigenvalue weighted by molar-refractivity contribution is -0.0982. The summed E-state index contributed by atoms with van der Waals surface area (Å²) in [6, 6.07) is 15.0. The highest BCUT2D eigenvalue weighted by atomic mass is 32.2. The molecular formula is C20H24BNO5S. The van der Waals surface area contributed by atoms with E-state index in [4.69, 9.17) is 4.65 Å². The van der Waals surface area contributed by atoms with Gasteiger partial charge in [0.2, 0.25) is 0 Å². The summed E-state index contributed by atoms with van der Waals surface area (Å²) >= 11 is 0. The van der Waals surface area contributed by atoms with Gasteiger partial charge in [-0.15, -0.1) is 0 Å². The van der Waals surface area contributed by atoms with E-state index in [0.717, 1.165) is 3.97 Å². The Kier molecular flexibility index (Phi) is 5.18. The van der Waals surface area contributed by atoms with E-state index in [-0.39, 0.29) is 4.90 Å². The Morgan fingerprint density at radius 3 is 2.14 bits per heavy atom. The van der Waals surface area contributed by atoms with Gasteiger partial charge in [-0.1, -0.05) is 36.4 Å². The maximum absolute atomic E-state index is 13.1. The van der Waals surface area contributed by atoms with Crippen molar-refractivity contribution in [1.29, 1.82) is 0 Å². The highest BCUT2D eigenvalue weighted by Gasteiger charge is 2.40. The first-order valence-electron chi connectivity index (χ1n) is 8.94. The minimum atomic E-state index is -3.85. The smallest absolute Gasteiger partial charge is 0.423 e. The molecule has 0 aliphatic carbocycles. The Morgan fingerprint density at radius 1 is 0.964 bits per heavy atom. The molecule has 0 spiro atoms. The highest BCUT2D eigenvalue weighted by Crippen LogP contribution is 2.27. The van der Waals surface area contributed by atoms with Crippen molar-refractivity contribution >= 4 is 33.5 Å². The summed E-state index contributed by atoms with van der Waals surface area (Å²) in [6.45, 7) is 6.50. The van der Waals surface area contributed by atoms with Crippen LogP contribution in [0.25, 0.3) is 10.9 Å². The van der Waals surface area contributed by atoms with E-state index in [9.17, 15) is 18.5 Å². The molecule has 28 heavy (non-hydrogen) atoms. The number of aliphatic hydroxyl groups is 1. The summed E-state index contributed by atoms with van der Waals surface area (Å²) in [5.74, 6) is 0. The van der Waals surface area contributed by atoms with Crippen molar-refractivity contribution in [3.63, 3.8) is 0 Å². The van der Waals surface area contributed by atoms with E-state index < -0.39 is 28.3 Å². The Morgan fingerprint density at radius 2 is 1.54 bits per heavy atom. The highest BCUT2D eigenvalue weighted by molar-refractivity contribution is 7.90. The topological polar surface area (TPSA) is 88.8 Å². The molecule has 0 radical (unpaired) electrons. The summed E-state index contributed by atoms with van der Waals surface area (Å²) < 4.78 is 33.1. The lowest BCUT2D eigenvalue weighted by Crippen LogP contribution is -2.53. The molecule has 2 aromatic carbocycles. The monoisotopic (exact) mass is 401 g/mol. The van der Waals surface area contributed by atoms with Gasteiger partial charge in [0.15, 0.2) is 0 Å². The second-order valence-electron chi connectivity index (χ2n) is 7.76. The summed E-state index contributed by atoms with van der Waals surface area (Å²) in [7, 11) is -5.27. The Balaban J connectivity index is 2.12. The summed E-state index contributed by atoms with van der Waals surface area (Å²) in [6.07, 6.45) is 1.37. The number of aromatic nitrogens is 1. The number of benzene rings is 2. The van der Waals surface area contributed by atoms with Crippen LogP contribution < -0.4 is 5.46 Å². The molecule has 0 unspecified atom stereocenters.